The molecule has 0 radical (unpaired) electrons. The van der Waals surface area contributed by atoms with Gasteiger partial charge in [-0.2, -0.15) is 0 Å². The normalized spacial score (nSPS) is 25.1. The highest BCUT2D eigenvalue weighted by Crippen LogP contribution is 2.20. The highest BCUT2D eigenvalue weighted by molar-refractivity contribution is 4.85. The van der Waals surface area contributed by atoms with Gasteiger partial charge in [-0.15, -0.1) is 0 Å². The molecule has 0 spiro atoms. The summed E-state index contributed by atoms with van der Waals surface area (Å²) < 4.78 is 5.63. The van der Waals surface area contributed by atoms with Crippen LogP contribution < -0.4 is 0 Å². The van der Waals surface area contributed by atoms with Crippen LogP contribution in [0.5, 0.6) is 0 Å². The van der Waals surface area contributed by atoms with Gasteiger partial charge < -0.3 is 14.7 Å². The Morgan fingerprint density at radius 3 is 2.59 bits per heavy atom. The van der Waals surface area contributed by atoms with Gasteiger partial charge in [-0.3, -0.25) is 4.90 Å². The first-order valence-corrected chi connectivity index (χ1v) is 6.76. The zero-order valence-electron chi connectivity index (χ0n) is 11.6. The summed E-state index contributed by atoms with van der Waals surface area (Å²) in [7, 11) is 4.22. The zero-order chi connectivity index (χ0) is 12.7. The maximum atomic E-state index is 9.17. The number of hydrogen-bond acceptors (Lipinski definition) is 4. The van der Waals surface area contributed by atoms with Gasteiger partial charge in [0.2, 0.25) is 0 Å². The summed E-state index contributed by atoms with van der Waals surface area (Å²) in [5.41, 5.74) is 0. The summed E-state index contributed by atoms with van der Waals surface area (Å²) in [6.45, 7) is 7.05. The van der Waals surface area contributed by atoms with Gasteiger partial charge in [0.25, 0.3) is 0 Å². The van der Waals surface area contributed by atoms with Gasteiger partial charge in [-0.25, -0.2) is 0 Å². The second-order valence-corrected chi connectivity index (χ2v) is 5.24. The van der Waals surface area contributed by atoms with Crippen LogP contribution in [0.15, 0.2) is 0 Å². The van der Waals surface area contributed by atoms with E-state index < -0.39 is 0 Å². The van der Waals surface area contributed by atoms with Crippen molar-refractivity contribution in [3.63, 3.8) is 0 Å². The summed E-state index contributed by atoms with van der Waals surface area (Å²) in [6.07, 6.45) is 2.40. The van der Waals surface area contributed by atoms with Gasteiger partial charge in [0, 0.05) is 25.0 Å². The predicted octanol–water partition coefficient (Wildman–Crippen LogP) is 0.657. The molecule has 0 bridgehead atoms. The molecule has 102 valence electrons. The summed E-state index contributed by atoms with van der Waals surface area (Å²) in [5.74, 6) is 0.577. The van der Waals surface area contributed by atoms with Crippen LogP contribution in [0.3, 0.4) is 0 Å². The molecular formula is C13H28N2O2. The molecule has 1 saturated heterocycles. The molecule has 4 heteroatoms. The van der Waals surface area contributed by atoms with E-state index in [4.69, 9.17) is 4.74 Å². The fraction of sp³-hybridized carbons (Fsp3) is 1.00. The lowest BCUT2D eigenvalue weighted by molar-refractivity contribution is 0.112. The molecule has 0 saturated carbocycles. The first-order valence-electron chi connectivity index (χ1n) is 6.76. The molecule has 4 nitrogen and oxygen atoms in total. The lowest BCUT2D eigenvalue weighted by Gasteiger charge is -2.32. The molecular weight excluding hydrogens is 216 g/mol. The molecule has 0 aliphatic carbocycles. The molecule has 1 N–H and O–H groups in total. The Bertz CT molecular complexity index is 200. The molecule has 1 rings (SSSR count). The van der Waals surface area contributed by atoms with Crippen LogP contribution >= 0.6 is 0 Å². The highest BCUT2D eigenvalue weighted by Gasteiger charge is 2.32. The second-order valence-electron chi connectivity index (χ2n) is 5.24. The first-order chi connectivity index (χ1) is 8.19. The monoisotopic (exact) mass is 244 g/mol. The molecule has 0 amide bonds. The average molecular weight is 244 g/mol. The minimum Gasteiger partial charge on any atom is -0.395 e. The number of aliphatic hydroxyl groups excluding tert-OH is 1. The van der Waals surface area contributed by atoms with Crippen molar-refractivity contribution in [3.8, 4) is 0 Å². The van der Waals surface area contributed by atoms with E-state index in [-0.39, 0.29) is 6.61 Å². The van der Waals surface area contributed by atoms with Crippen LogP contribution in [0.1, 0.15) is 19.8 Å². The highest BCUT2D eigenvalue weighted by atomic mass is 16.5. The van der Waals surface area contributed by atoms with Gasteiger partial charge in [-0.05, 0) is 27.1 Å². The quantitative estimate of drug-likeness (QED) is 0.680. The van der Waals surface area contributed by atoms with Crippen molar-refractivity contribution in [2.75, 3.05) is 53.6 Å². The Balaban J connectivity index is 2.51. The molecule has 1 heterocycles. The fourth-order valence-corrected chi connectivity index (χ4v) is 2.57. The lowest BCUT2D eigenvalue weighted by Crippen LogP contribution is -2.45. The van der Waals surface area contributed by atoms with Crippen molar-refractivity contribution in [1.29, 1.82) is 0 Å². The zero-order valence-corrected chi connectivity index (χ0v) is 11.6. The van der Waals surface area contributed by atoms with Crippen LogP contribution in [0.4, 0.5) is 0 Å². The van der Waals surface area contributed by atoms with E-state index in [9.17, 15) is 5.11 Å². The minimum atomic E-state index is 0.245. The van der Waals surface area contributed by atoms with Crippen LogP contribution in [-0.2, 0) is 4.74 Å². The predicted molar refractivity (Wildman–Crippen MR) is 70.2 cm³/mol. The van der Waals surface area contributed by atoms with Crippen molar-refractivity contribution in [2.45, 2.75) is 25.8 Å². The Hall–Kier alpha value is -0.160. The molecule has 2 atom stereocenters. The molecule has 1 aliphatic rings. The summed E-state index contributed by atoms with van der Waals surface area (Å²) >= 11 is 0. The van der Waals surface area contributed by atoms with Gasteiger partial charge in [-0.1, -0.05) is 13.3 Å². The van der Waals surface area contributed by atoms with E-state index in [0.29, 0.717) is 12.0 Å². The van der Waals surface area contributed by atoms with Crippen LogP contribution in [0.2, 0.25) is 0 Å². The fourth-order valence-electron chi connectivity index (χ4n) is 2.57. The number of nitrogens with zero attached hydrogens (tertiary/aromatic N) is 2. The molecule has 0 aromatic carbocycles. The van der Waals surface area contributed by atoms with E-state index in [2.05, 4.69) is 30.8 Å². The minimum absolute atomic E-state index is 0.245. The van der Waals surface area contributed by atoms with Crippen LogP contribution in [-0.4, -0.2) is 74.5 Å². The van der Waals surface area contributed by atoms with E-state index in [1.165, 1.54) is 12.8 Å². The SMILES string of the molecule is CCCCN(CCO)C1COCC1CN(C)C. The molecule has 0 aromatic heterocycles. The van der Waals surface area contributed by atoms with E-state index in [1.54, 1.807) is 0 Å². The van der Waals surface area contributed by atoms with Crippen molar-refractivity contribution < 1.29 is 9.84 Å². The molecule has 1 aliphatic heterocycles. The Morgan fingerprint density at radius 1 is 1.24 bits per heavy atom. The summed E-state index contributed by atoms with van der Waals surface area (Å²) in [5, 5.41) is 9.17. The summed E-state index contributed by atoms with van der Waals surface area (Å²) in [4.78, 5) is 4.63. The largest absolute Gasteiger partial charge is 0.395 e. The van der Waals surface area contributed by atoms with Crippen molar-refractivity contribution in [3.05, 3.63) is 0 Å². The topological polar surface area (TPSA) is 35.9 Å². The molecule has 2 unspecified atom stereocenters. The third kappa shape index (κ3) is 4.92. The van der Waals surface area contributed by atoms with Crippen LogP contribution in [0, 0.1) is 5.92 Å². The van der Waals surface area contributed by atoms with Crippen molar-refractivity contribution >= 4 is 0 Å². The number of ether oxygens (including phenoxy) is 1. The number of rotatable bonds is 8. The van der Waals surface area contributed by atoms with Gasteiger partial charge in [0.1, 0.15) is 0 Å². The van der Waals surface area contributed by atoms with Gasteiger partial charge >= 0.3 is 0 Å². The lowest BCUT2D eigenvalue weighted by atomic mass is 10.0. The Labute approximate surface area is 106 Å². The van der Waals surface area contributed by atoms with Crippen molar-refractivity contribution in [2.24, 2.45) is 5.92 Å². The smallest absolute Gasteiger partial charge is 0.0626 e. The average Bonchev–Trinajstić information content (AvgIpc) is 2.71. The van der Waals surface area contributed by atoms with E-state index in [0.717, 1.165) is 32.8 Å². The Kier molecular flexibility index (Phi) is 7.04. The Morgan fingerprint density at radius 2 is 2.00 bits per heavy atom. The van der Waals surface area contributed by atoms with Gasteiger partial charge in [0.05, 0.1) is 19.8 Å². The summed E-state index contributed by atoms with van der Waals surface area (Å²) in [6, 6.07) is 0.483. The van der Waals surface area contributed by atoms with Gasteiger partial charge in [0.15, 0.2) is 0 Å². The third-order valence-corrected chi connectivity index (χ3v) is 3.42. The molecule has 0 aromatic rings. The standard InChI is InChI=1S/C13H28N2O2/c1-4-5-6-15(7-8-16)13-11-17-10-12(13)9-14(2)3/h12-13,16H,4-11H2,1-3H3. The second kappa shape index (κ2) is 8.03. The van der Waals surface area contributed by atoms with Crippen LogP contribution in [0.25, 0.3) is 0 Å². The van der Waals surface area contributed by atoms with E-state index in [1.807, 2.05) is 0 Å². The maximum absolute atomic E-state index is 9.17. The number of hydrogen-bond donors (Lipinski definition) is 1. The molecule has 1 fully saturated rings. The maximum Gasteiger partial charge on any atom is 0.0626 e. The third-order valence-electron chi connectivity index (χ3n) is 3.42. The van der Waals surface area contributed by atoms with E-state index >= 15 is 0 Å². The van der Waals surface area contributed by atoms with Crippen molar-refractivity contribution in [1.82, 2.24) is 9.80 Å². The number of unbranched alkanes of at least 4 members (excludes halogenated alkanes) is 1. The number of aliphatic hydroxyl groups is 1. The first kappa shape index (κ1) is 14.9. The molecule has 17 heavy (non-hydrogen) atoms.